The van der Waals surface area contributed by atoms with Crippen LogP contribution in [-0.4, -0.2) is 33.6 Å². The van der Waals surface area contributed by atoms with Gasteiger partial charge < -0.3 is 9.30 Å². The summed E-state index contributed by atoms with van der Waals surface area (Å²) in [6, 6.07) is 2.02. The van der Waals surface area contributed by atoms with E-state index >= 15 is 0 Å². The van der Waals surface area contributed by atoms with E-state index in [1.807, 2.05) is 18.5 Å². The van der Waals surface area contributed by atoms with Gasteiger partial charge in [-0.3, -0.25) is 4.98 Å². The number of nitrogens with zero attached hydrogens (tertiary/aromatic N) is 3. The molecule has 1 aliphatic carbocycles. The Balaban J connectivity index is 1.63. The Labute approximate surface area is 124 Å². The van der Waals surface area contributed by atoms with E-state index in [1.165, 1.54) is 12.8 Å². The molecule has 0 spiro atoms. The number of halogens is 1. The van der Waals surface area contributed by atoms with E-state index in [0.717, 1.165) is 55.4 Å². The third-order valence-corrected chi connectivity index (χ3v) is 3.86. The second-order valence-electron chi connectivity index (χ2n) is 5.35. The third kappa shape index (κ3) is 3.30. The summed E-state index contributed by atoms with van der Waals surface area (Å²) in [4.78, 5) is 8.74. The van der Waals surface area contributed by atoms with Gasteiger partial charge in [-0.1, -0.05) is 0 Å². The van der Waals surface area contributed by atoms with Gasteiger partial charge >= 0.3 is 0 Å². The highest BCUT2D eigenvalue weighted by Crippen LogP contribution is 2.28. The van der Waals surface area contributed by atoms with Crippen molar-refractivity contribution in [1.82, 2.24) is 14.5 Å². The van der Waals surface area contributed by atoms with Crippen LogP contribution >= 0.6 is 11.6 Å². The number of hydrogen-bond donors (Lipinski definition) is 0. The molecular weight excluding hydrogens is 274 g/mol. The van der Waals surface area contributed by atoms with E-state index < -0.39 is 0 Å². The van der Waals surface area contributed by atoms with Crippen molar-refractivity contribution in [2.75, 3.05) is 19.1 Å². The van der Waals surface area contributed by atoms with Crippen molar-refractivity contribution in [3.8, 4) is 0 Å². The van der Waals surface area contributed by atoms with Crippen molar-refractivity contribution in [2.45, 2.75) is 32.2 Å². The molecule has 2 heterocycles. The van der Waals surface area contributed by atoms with Gasteiger partial charge in [-0.25, -0.2) is 4.98 Å². The lowest BCUT2D eigenvalue weighted by Gasteiger charge is -2.09. The molecule has 0 aromatic carbocycles. The first kappa shape index (κ1) is 13.8. The standard InChI is InChI=1S/C15H20ClN3O/c16-6-4-15-18-13-10-17-7-5-14(13)19(15)8-1-9-20-11-12-2-3-12/h5,7,10,12H,1-4,6,8-9,11H2. The topological polar surface area (TPSA) is 39.9 Å². The number of rotatable bonds is 8. The molecule has 3 rings (SSSR count). The van der Waals surface area contributed by atoms with Crippen molar-refractivity contribution >= 4 is 22.6 Å². The first-order valence-corrected chi connectivity index (χ1v) is 7.85. The molecule has 0 radical (unpaired) electrons. The fraction of sp³-hybridized carbons (Fsp3) is 0.600. The van der Waals surface area contributed by atoms with Crippen LogP contribution in [0.1, 0.15) is 25.1 Å². The predicted molar refractivity (Wildman–Crippen MR) is 80.1 cm³/mol. The molecular formula is C15H20ClN3O. The summed E-state index contributed by atoms with van der Waals surface area (Å²) in [5.74, 6) is 2.47. The van der Waals surface area contributed by atoms with Crippen LogP contribution in [-0.2, 0) is 17.7 Å². The molecule has 0 saturated heterocycles. The van der Waals surface area contributed by atoms with Crippen LogP contribution in [0.25, 0.3) is 11.0 Å². The molecule has 0 N–H and O–H groups in total. The second-order valence-corrected chi connectivity index (χ2v) is 5.73. The molecule has 2 aromatic heterocycles. The van der Waals surface area contributed by atoms with E-state index in [4.69, 9.17) is 16.3 Å². The Hall–Kier alpha value is -1.13. The summed E-state index contributed by atoms with van der Waals surface area (Å²) >= 11 is 5.87. The van der Waals surface area contributed by atoms with E-state index in [0.29, 0.717) is 5.88 Å². The number of fused-ring (bicyclic) bond motifs is 1. The molecule has 0 aliphatic heterocycles. The maximum absolute atomic E-state index is 5.87. The zero-order chi connectivity index (χ0) is 13.8. The maximum Gasteiger partial charge on any atom is 0.111 e. The molecule has 1 fully saturated rings. The van der Waals surface area contributed by atoms with E-state index in [1.54, 1.807) is 0 Å². The Kier molecular flexibility index (Phi) is 4.53. The Morgan fingerprint density at radius 3 is 3.10 bits per heavy atom. The summed E-state index contributed by atoms with van der Waals surface area (Å²) in [5.41, 5.74) is 2.09. The van der Waals surface area contributed by atoms with E-state index in [9.17, 15) is 0 Å². The SMILES string of the molecule is ClCCc1nc2cnccc2n1CCCOCC1CC1. The Bertz CT molecular complexity index is 565. The normalized spacial score (nSPS) is 15.1. The van der Waals surface area contributed by atoms with Crippen LogP contribution < -0.4 is 0 Å². The second kappa shape index (κ2) is 6.55. The van der Waals surface area contributed by atoms with Gasteiger partial charge in [-0.05, 0) is 31.2 Å². The minimum atomic E-state index is 0.592. The van der Waals surface area contributed by atoms with Crippen LogP contribution in [0.3, 0.4) is 0 Å². The number of imidazole rings is 1. The molecule has 0 atom stereocenters. The summed E-state index contributed by atoms with van der Waals surface area (Å²) in [5, 5.41) is 0. The fourth-order valence-corrected chi connectivity index (χ4v) is 2.58. The van der Waals surface area contributed by atoms with Crippen LogP contribution in [0.15, 0.2) is 18.5 Å². The highest BCUT2D eigenvalue weighted by Gasteiger charge is 2.20. The smallest absolute Gasteiger partial charge is 0.111 e. The molecule has 1 saturated carbocycles. The van der Waals surface area contributed by atoms with Gasteiger partial charge in [-0.15, -0.1) is 11.6 Å². The lowest BCUT2D eigenvalue weighted by molar-refractivity contribution is 0.119. The molecule has 5 heteroatoms. The lowest BCUT2D eigenvalue weighted by Crippen LogP contribution is -2.08. The zero-order valence-corrected chi connectivity index (χ0v) is 12.4. The quantitative estimate of drug-likeness (QED) is 0.555. The van der Waals surface area contributed by atoms with Gasteiger partial charge in [0, 0.05) is 38.3 Å². The number of aryl methyl sites for hydroxylation is 2. The van der Waals surface area contributed by atoms with Crippen molar-refractivity contribution in [2.24, 2.45) is 5.92 Å². The van der Waals surface area contributed by atoms with Crippen LogP contribution in [0.2, 0.25) is 0 Å². The summed E-state index contributed by atoms with van der Waals surface area (Å²) in [6.45, 7) is 2.68. The predicted octanol–water partition coefficient (Wildman–Crippen LogP) is 3.03. The molecule has 0 bridgehead atoms. The number of ether oxygens (including phenoxy) is 1. The van der Waals surface area contributed by atoms with Gasteiger partial charge in [-0.2, -0.15) is 0 Å². The van der Waals surface area contributed by atoms with Gasteiger partial charge in [0.15, 0.2) is 0 Å². The Morgan fingerprint density at radius 2 is 2.30 bits per heavy atom. The molecule has 20 heavy (non-hydrogen) atoms. The van der Waals surface area contributed by atoms with Gasteiger partial charge in [0.2, 0.25) is 0 Å². The van der Waals surface area contributed by atoms with E-state index in [2.05, 4.69) is 14.5 Å². The number of aromatic nitrogens is 3. The lowest BCUT2D eigenvalue weighted by atomic mass is 10.3. The minimum absolute atomic E-state index is 0.592. The summed E-state index contributed by atoms with van der Waals surface area (Å²) in [6.07, 6.45) is 8.12. The van der Waals surface area contributed by atoms with Crippen molar-refractivity contribution in [3.05, 3.63) is 24.3 Å². The van der Waals surface area contributed by atoms with Gasteiger partial charge in [0.25, 0.3) is 0 Å². The monoisotopic (exact) mass is 293 g/mol. The first-order valence-electron chi connectivity index (χ1n) is 7.31. The average molecular weight is 294 g/mol. The highest BCUT2D eigenvalue weighted by molar-refractivity contribution is 6.17. The van der Waals surface area contributed by atoms with Gasteiger partial charge in [0.1, 0.15) is 11.3 Å². The molecule has 0 amide bonds. The summed E-state index contributed by atoms with van der Waals surface area (Å²) < 4.78 is 7.95. The molecule has 2 aromatic rings. The van der Waals surface area contributed by atoms with Crippen molar-refractivity contribution in [1.29, 1.82) is 0 Å². The van der Waals surface area contributed by atoms with Gasteiger partial charge in [0.05, 0.1) is 11.7 Å². The number of pyridine rings is 1. The van der Waals surface area contributed by atoms with E-state index in [-0.39, 0.29) is 0 Å². The Morgan fingerprint density at radius 1 is 1.40 bits per heavy atom. The highest BCUT2D eigenvalue weighted by atomic mass is 35.5. The van der Waals surface area contributed by atoms with Crippen LogP contribution in [0.4, 0.5) is 0 Å². The molecule has 0 unspecified atom stereocenters. The van der Waals surface area contributed by atoms with Crippen LogP contribution in [0, 0.1) is 5.92 Å². The summed E-state index contributed by atoms with van der Waals surface area (Å²) in [7, 11) is 0. The zero-order valence-electron chi connectivity index (χ0n) is 11.6. The minimum Gasteiger partial charge on any atom is -0.381 e. The number of alkyl halides is 1. The maximum atomic E-state index is 5.87. The molecule has 4 nitrogen and oxygen atoms in total. The molecule has 1 aliphatic rings. The molecule has 108 valence electrons. The third-order valence-electron chi connectivity index (χ3n) is 3.67. The van der Waals surface area contributed by atoms with Crippen molar-refractivity contribution < 1.29 is 4.74 Å². The first-order chi connectivity index (χ1) is 9.88. The average Bonchev–Trinajstić information content (AvgIpc) is 3.22. The largest absolute Gasteiger partial charge is 0.381 e. The number of hydrogen-bond acceptors (Lipinski definition) is 3. The van der Waals surface area contributed by atoms with Crippen molar-refractivity contribution in [3.63, 3.8) is 0 Å². The fourth-order valence-electron chi connectivity index (χ4n) is 2.42. The van der Waals surface area contributed by atoms with Crippen LogP contribution in [0.5, 0.6) is 0 Å².